The van der Waals surface area contributed by atoms with Crippen LogP contribution in [-0.2, 0) is 50.8 Å². The molecule has 0 spiro atoms. The molecule has 0 aliphatic rings. The number of benzene rings is 4. The SMILES string of the molecule is CCC(CC)(c1ccc(CCC(O)C(C)(C)C)c(C)c1)c1ccc(-c2cncc(CC(=O)O)c2)c(C)c1.CCC(CC)(c1ccc(CCC(O)C(C)(C)C)c(C)c1)c1ccc(-c2cncc(CC(=O)OC)c2)c(C)c1.CO.[Na+].[OH-]. The Balaban J connectivity index is 0.000000511. The summed E-state index contributed by atoms with van der Waals surface area (Å²) in [6, 6.07) is 31.2. The molecule has 0 saturated heterocycles. The molecule has 79 heavy (non-hydrogen) atoms. The average molecular weight is 1090 g/mol. The van der Waals surface area contributed by atoms with Gasteiger partial charge in [-0.1, -0.05) is 142 Å². The molecule has 2 atom stereocenters. The van der Waals surface area contributed by atoms with Crippen LogP contribution in [0.5, 0.6) is 0 Å². The van der Waals surface area contributed by atoms with E-state index in [1.165, 1.54) is 57.2 Å². The number of aliphatic carboxylic acids is 1. The zero-order chi connectivity index (χ0) is 57.5. The van der Waals surface area contributed by atoms with Crippen LogP contribution in [0.3, 0.4) is 0 Å². The number of carboxylic acid groups (broad SMARTS) is 1. The second-order valence-electron chi connectivity index (χ2n) is 23.2. The molecule has 11 heteroatoms. The molecule has 0 aliphatic carbocycles. The number of aliphatic hydroxyl groups is 3. The Morgan fingerprint density at radius 1 is 0.519 bits per heavy atom. The van der Waals surface area contributed by atoms with E-state index in [9.17, 15) is 19.8 Å². The van der Waals surface area contributed by atoms with Crippen molar-refractivity contribution in [1.82, 2.24) is 9.97 Å². The smallest absolute Gasteiger partial charge is 0.870 e. The van der Waals surface area contributed by atoms with E-state index in [1.807, 2.05) is 18.3 Å². The molecule has 0 aliphatic heterocycles. The number of aliphatic hydroxyl groups excluding tert-OH is 3. The number of hydrogen-bond acceptors (Lipinski definition) is 9. The number of rotatable bonds is 20. The molecule has 0 amide bonds. The monoisotopic (exact) mass is 1090 g/mol. The van der Waals surface area contributed by atoms with Crippen molar-refractivity contribution in [1.29, 1.82) is 0 Å². The summed E-state index contributed by atoms with van der Waals surface area (Å²) < 4.78 is 4.82. The molecular weight excluding hydrogens is 996 g/mol. The Labute approximate surface area is 496 Å². The van der Waals surface area contributed by atoms with E-state index >= 15 is 0 Å². The van der Waals surface area contributed by atoms with Crippen LogP contribution in [0, 0.1) is 38.5 Å². The third-order valence-electron chi connectivity index (χ3n) is 16.3. The third-order valence-corrected chi connectivity index (χ3v) is 16.3. The van der Waals surface area contributed by atoms with E-state index in [2.05, 4.69) is 180 Å². The molecule has 424 valence electrons. The summed E-state index contributed by atoms with van der Waals surface area (Å²) in [4.78, 5) is 31.6. The van der Waals surface area contributed by atoms with Crippen LogP contribution in [0.1, 0.15) is 175 Å². The summed E-state index contributed by atoms with van der Waals surface area (Å²) in [5.74, 6) is -1.12. The van der Waals surface area contributed by atoms with E-state index in [0.29, 0.717) is 5.56 Å². The zero-order valence-electron chi connectivity index (χ0n) is 51.0. The molecule has 6 rings (SSSR count). The summed E-state index contributed by atoms with van der Waals surface area (Å²) >= 11 is 0. The van der Waals surface area contributed by atoms with Crippen molar-refractivity contribution in [2.45, 2.75) is 184 Å². The van der Waals surface area contributed by atoms with Crippen molar-refractivity contribution >= 4 is 11.9 Å². The van der Waals surface area contributed by atoms with Crippen LogP contribution in [0.25, 0.3) is 22.3 Å². The number of carboxylic acids is 1. The molecule has 5 N–H and O–H groups in total. The summed E-state index contributed by atoms with van der Waals surface area (Å²) in [6.45, 7) is 30.2. The number of ether oxygens (including phenoxy) is 1. The molecule has 6 aromatic rings. The van der Waals surface area contributed by atoms with Crippen molar-refractivity contribution in [2.24, 2.45) is 10.8 Å². The van der Waals surface area contributed by atoms with Crippen LogP contribution in [0.4, 0.5) is 0 Å². The number of esters is 1. The number of aryl methyl sites for hydroxylation is 6. The molecule has 10 nitrogen and oxygen atoms in total. The zero-order valence-corrected chi connectivity index (χ0v) is 53.0. The number of carbonyl (C=O) groups excluding carboxylic acids is 1. The van der Waals surface area contributed by atoms with Crippen molar-refractivity contribution < 1.29 is 69.8 Å². The summed E-state index contributed by atoms with van der Waals surface area (Å²) in [7, 11) is 2.41. The Hall–Kier alpha value is -5.04. The molecular formula is C68H93N2NaO8. The van der Waals surface area contributed by atoms with Gasteiger partial charge in [0, 0.05) is 53.9 Å². The predicted octanol–water partition coefficient (Wildman–Crippen LogP) is 11.4. The topological polar surface area (TPSA) is 180 Å². The van der Waals surface area contributed by atoms with Gasteiger partial charge in [0.2, 0.25) is 0 Å². The second-order valence-corrected chi connectivity index (χ2v) is 23.2. The number of aromatic nitrogens is 2. The Morgan fingerprint density at radius 2 is 0.848 bits per heavy atom. The molecule has 0 fully saturated rings. The van der Waals surface area contributed by atoms with E-state index in [0.717, 1.165) is 91.9 Å². The molecule has 2 unspecified atom stereocenters. The fraction of sp³-hybridized carbons (Fsp3) is 0.471. The van der Waals surface area contributed by atoms with Gasteiger partial charge in [0.05, 0.1) is 32.2 Å². The molecule has 0 bridgehead atoms. The maximum absolute atomic E-state index is 11.7. The van der Waals surface area contributed by atoms with Gasteiger partial charge in [-0.15, -0.1) is 0 Å². The number of hydrogen-bond donors (Lipinski definition) is 4. The van der Waals surface area contributed by atoms with Crippen LogP contribution >= 0.6 is 0 Å². The van der Waals surface area contributed by atoms with Gasteiger partial charge in [-0.05, 0) is 180 Å². The second kappa shape index (κ2) is 31.2. The first-order valence-corrected chi connectivity index (χ1v) is 27.8. The van der Waals surface area contributed by atoms with Gasteiger partial charge in [0.15, 0.2) is 0 Å². The van der Waals surface area contributed by atoms with Gasteiger partial charge >= 0.3 is 41.5 Å². The third kappa shape index (κ3) is 18.0. The van der Waals surface area contributed by atoms with Gasteiger partial charge in [0.1, 0.15) is 0 Å². The van der Waals surface area contributed by atoms with E-state index in [4.69, 9.17) is 14.9 Å². The Kier molecular flexibility index (Phi) is 27.7. The fourth-order valence-corrected chi connectivity index (χ4v) is 10.9. The van der Waals surface area contributed by atoms with Gasteiger partial charge in [-0.3, -0.25) is 19.6 Å². The minimum absolute atomic E-state index is 0. The number of methoxy groups -OCH3 is 1. The standard InChI is InChI=1S/C34H45NO3.C33H43NO3.CH4O.Na.H2O/c1-9-34(10-2,28-13-11-26(23(3)17-28)12-16-31(36)33(5,6)7)29-14-15-30(24(4)18-29)27-19-25(21-35-22-27)20-32(37)38-8;1-8-33(9-2,27-12-10-25(22(3)16-27)11-15-30(35)32(5,6)7)28-13-14-29(23(4)17-28)26-18-24(19-31(36)37)20-34-21-26;1-2;;/h11,13-15,17-19,21-22,31,36H,9-10,12,16,20H2,1-8H3;10,12-14,16-18,20-21,30,35H,8-9,11,15,19H2,1-7H3,(H,36,37);2H,1H3;;1H2/q;;;+1;/p-1. The van der Waals surface area contributed by atoms with Gasteiger partial charge in [0.25, 0.3) is 0 Å². The number of nitrogens with zero attached hydrogens (tertiary/aromatic N) is 2. The molecule has 0 saturated carbocycles. The van der Waals surface area contributed by atoms with Crippen LogP contribution in [-0.4, -0.2) is 74.2 Å². The Morgan fingerprint density at radius 3 is 1.14 bits per heavy atom. The van der Waals surface area contributed by atoms with Gasteiger partial charge in [-0.2, -0.15) is 0 Å². The van der Waals surface area contributed by atoms with Gasteiger partial charge < -0.3 is 30.6 Å². The van der Waals surface area contributed by atoms with Crippen molar-refractivity contribution in [2.75, 3.05) is 14.2 Å². The van der Waals surface area contributed by atoms with Crippen molar-refractivity contribution in [3.05, 3.63) is 176 Å². The molecule has 2 heterocycles. The van der Waals surface area contributed by atoms with Crippen LogP contribution < -0.4 is 29.6 Å². The Bertz CT molecular complexity index is 2890. The van der Waals surface area contributed by atoms with Crippen molar-refractivity contribution in [3.63, 3.8) is 0 Å². The first-order valence-electron chi connectivity index (χ1n) is 27.8. The molecule has 4 aromatic carbocycles. The van der Waals surface area contributed by atoms with Crippen LogP contribution in [0.15, 0.2) is 110 Å². The maximum Gasteiger partial charge on any atom is 1.00 e. The summed E-state index contributed by atoms with van der Waals surface area (Å²) in [5.41, 5.74) is 18.1. The summed E-state index contributed by atoms with van der Waals surface area (Å²) in [6.07, 6.45) is 13.8. The van der Waals surface area contributed by atoms with Crippen LogP contribution in [0.2, 0.25) is 0 Å². The summed E-state index contributed by atoms with van der Waals surface area (Å²) in [5, 5.41) is 37.2. The number of pyridine rings is 2. The fourth-order valence-electron chi connectivity index (χ4n) is 10.9. The minimum Gasteiger partial charge on any atom is -0.870 e. The maximum atomic E-state index is 11.7. The quantitative estimate of drug-likeness (QED) is 0.0424. The first-order chi connectivity index (χ1) is 36.4. The first kappa shape index (κ1) is 70.1. The van der Waals surface area contributed by atoms with E-state index in [1.54, 1.807) is 18.6 Å². The largest absolute Gasteiger partial charge is 1.00 e. The molecule has 2 aromatic heterocycles. The number of carbonyl (C=O) groups is 2. The molecule has 0 radical (unpaired) electrons. The predicted molar refractivity (Wildman–Crippen MR) is 319 cm³/mol. The van der Waals surface area contributed by atoms with Crippen molar-refractivity contribution in [3.8, 4) is 22.3 Å². The van der Waals surface area contributed by atoms with Gasteiger partial charge in [-0.25, -0.2) is 0 Å². The normalized spacial score (nSPS) is 12.3. The van der Waals surface area contributed by atoms with E-state index in [-0.39, 0.29) is 87.7 Å². The minimum atomic E-state index is -0.853. The van der Waals surface area contributed by atoms with E-state index < -0.39 is 5.97 Å². The average Bonchev–Trinajstić information content (AvgIpc) is 3.40.